The fourth-order valence-electron chi connectivity index (χ4n) is 2.50. The molecule has 0 aliphatic rings. The van der Waals surface area contributed by atoms with Crippen LogP contribution >= 0.6 is 15.9 Å². The summed E-state index contributed by atoms with van der Waals surface area (Å²) in [4.78, 5) is 24.6. The lowest BCUT2D eigenvalue weighted by Crippen LogP contribution is -2.15. The number of halogens is 1. The van der Waals surface area contributed by atoms with Crippen molar-refractivity contribution < 1.29 is 9.59 Å². The van der Waals surface area contributed by atoms with Crippen molar-refractivity contribution in [3.05, 3.63) is 94.5 Å². The Labute approximate surface area is 160 Å². The lowest BCUT2D eigenvalue weighted by molar-refractivity contribution is -0.115. The zero-order valence-electron chi connectivity index (χ0n) is 13.9. The maximum atomic E-state index is 12.4. The lowest BCUT2D eigenvalue weighted by Gasteiger charge is -2.10. The van der Waals surface area contributed by atoms with E-state index in [1.165, 1.54) is 0 Å². The Kier molecular flexibility index (Phi) is 5.81. The smallest absolute Gasteiger partial charge is 0.256 e. The molecule has 3 aromatic rings. The second-order valence-electron chi connectivity index (χ2n) is 5.73. The summed E-state index contributed by atoms with van der Waals surface area (Å²) in [6.07, 6.45) is 0.300. The molecule has 0 saturated heterocycles. The highest BCUT2D eigenvalue weighted by Gasteiger charge is 2.10. The number of nitrogens with one attached hydrogen (secondary N) is 2. The minimum Gasteiger partial charge on any atom is -0.326 e. The number of amides is 2. The standard InChI is InChI=1S/C21H17BrN2O2/c22-19-12-5-4-11-18(19)21(26)24-17-10-6-9-16(14-17)23-20(25)13-15-7-2-1-3-8-15/h1-12,14H,13H2,(H,23,25)(H,24,26). The second-order valence-corrected chi connectivity index (χ2v) is 6.58. The molecule has 5 heteroatoms. The third-order valence-electron chi connectivity index (χ3n) is 3.73. The summed E-state index contributed by atoms with van der Waals surface area (Å²) in [5.41, 5.74) is 2.74. The van der Waals surface area contributed by atoms with Crippen molar-refractivity contribution in [1.29, 1.82) is 0 Å². The molecule has 0 bridgehead atoms. The lowest BCUT2D eigenvalue weighted by atomic mass is 10.1. The molecule has 0 heterocycles. The molecule has 0 spiro atoms. The number of rotatable bonds is 5. The van der Waals surface area contributed by atoms with Gasteiger partial charge >= 0.3 is 0 Å². The number of hydrogen-bond donors (Lipinski definition) is 2. The van der Waals surface area contributed by atoms with E-state index in [0.717, 1.165) is 10.0 Å². The van der Waals surface area contributed by atoms with Gasteiger partial charge in [-0.1, -0.05) is 48.5 Å². The van der Waals surface area contributed by atoms with Crippen LogP contribution in [0.15, 0.2) is 83.3 Å². The molecule has 130 valence electrons. The highest BCUT2D eigenvalue weighted by Crippen LogP contribution is 2.20. The summed E-state index contributed by atoms with van der Waals surface area (Å²) < 4.78 is 0.727. The molecular weight excluding hydrogens is 392 g/mol. The quantitative estimate of drug-likeness (QED) is 0.631. The van der Waals surface area contributed by atoms with Crippen LogP contribution in [0.1, 0.15) is 15.9 Å². The van der Waals surface area contributed by atoms with Crippen molar-refractivity contribution in [3.8, 4) is 0 Å². The number of anilines is 2. The molecule has 0 atom stereocenters. The van der Waals surface area contributed by atoms with Crippen molar-refractivity contribution >= 4 is 39.1 Å². The van der Waals surface area contributed by atoms with E-state index in [1.807, 2.05) is 42.5 Å². The molecule has 0 aromatic heterocycles. The van der Waals surface area contributed by atoms with Gasteiger partial charge in [0.1, 0.15) is 0 Å². The molecule has 0 saturated carbocycles. The number of carbonyl (C=O) groups excluding carboxylic acids is 2. The summed E-state index contributed by atoms with van der Waals surface area (Å²) in [5, 5.41) is 5.70. The first kappa shape index (κ1) is 17.9. The van der Waals surface area contributed by atoms with Crippen molar-refractivity contribution in [3.63, 3.8) is 0 Å². The molecule has 26 heavy (non-hydrogen) atoms. The van der Waals surface area contributed by atoms with Gasteiger partial charge in [0.05, 0.1) is 12.0 Å². The van der Waals surface area contributed by atoms with E-state index >= 15 is 0 Å². The van der Waals surface area contributed by atoms with Gasteiger partial charge in [0.25, 0.3) is 5.91 Å². The normalized spacial score (nSPS) is 10.2. The van der Waals surface area contributed by atoms with Gasteiger partial charge in [-0.05, 0) is 51.8 Å². The van der Waals surface area contributed by atoms with Crippen LogP contribution in [0, 0.1) is 0 Å². The molecule has 3 aromatic carbocycles. The Morgan fingerprint density at radius 3 is 2.15 bits per heavy atom. The van der Waals surface area contributed by atoms with Crippen LogP contribution in [-0.2, 0) is 11.2 Å². The second kappa shape index (κ2) is 8.45. The SMILES string of the molecule is O=C(Cc1ccccc1)Nc1cccc(NC(=O)c2ccccc2Br)c1. The third kappa shape index (κ3) is 4.80. The molecule has 0 radical (unpaired) electrons. The first-order valence-electron chi connectivity index (χ1n) is 8.11. The topological polar surface area (TPSA) is 58.2 Å². The molecule has 3 rings (SSSR count). The number of carbonyl (C=O) groups is 2. The molecule has 4 nitrogen and oxygen atoms in total. The van der Waals surface area contributed by atoms with Gasteiger partial charge in [-0.15, -0.1) is 0 Å². The van der Waals surface area contributed by atoms with Gasteiger partial charge in [0, 0.05) is 15.8 Å². The minimum atomic E-state index is -0.217. The number of benzene rings is 3. The maximum absolute atomic E-state index is 12.4. The van der Waals surface area contributed by atoms with E-state index in [2.05, 4.69) is 26.6 Å². The average molecular weight is 409 g/mol. The monoisotopic (exact) mass is 408 g/mol. The molecule has 2 amide bonds. The highest BCUT2D eigenvalue weighted by molar-refractivity contribution is 9.10. The first-order valence-corrected chi connectivity index (χ1v) is 8.91. The van der Waals surface area contributed by atoms with Crippen LogP contribution in [0.25, 0.3) is 0 Å². The summed E-state index contributed by atoms with van der Waals surface area (Å²) in [6, 6.07) is 23.8. The van der Waals surface area contributed by atoms with E-state index in [-0.39, 0.29) is 11.8 Å². The zero-order chi connectivity index (χ0) is 18.4. The van der Waals surface area contributed by atoms with Crippen LogP contribution in [-0.4, -0.2) is 11.8 Å². The first-order chi connectivity index (χ1) is 12.6. The molecule has 0 fully saturated rings. The molecule has 2 N–H and O–H groups in total. The minimum absolute atomic E-state index is 0.106. The summed E-state index contributed by atoms with van der Waals surface area (Å²) in [7, 11) is 0. The summed E-state index contributed by atoms with van der Waals surface area (Å²) in [6.45, 7) is 0. The van der Waals surface area contributed by atoms with E-state index in [0.29, 0.717) is 23.4 Å². The van der Waals surface area contributed by atoms with Gasteiger partial charge in [-0.3, -0.25) is 9.59 Å². The summed E-state index contributed by atoms with van der Waals surface area (Å²) in [5.74, 6) is -0.323. The van der Waals surface area contributed by atoms with Crippen molar-refractivity contribution in [2.45, 2.75) is 6.42 Å². The van der Waals surface area contributed by atoms with Gasteiger partial charge in [0.15, 0.2) is 0 Å². The Bertz CT molecular complexity index is 926. The van der Waals surface area contributed by atoms with Crippen LogP contribution in [0.5, 0.6) is 0 Å². The average Bonchev–Trinajstić information content (AvgIpc) is 2.63. The van der Waals surface area contributed by atoms with Crippen LogP contribution < -0.4 is 10.6 Å². The van der Waals surface area contributed by atoms with Gasteiger partial charge in [-0.2, -0.15) is 0 Å². The zero-order valence-corrected chi connectivity index (χ0v) is 15.5. The largest absolute Gasteiger partial charge is 0.326 e. The fourth-order valence-corrected chi connectivity index (χ4v) is 2.97. The summed E-state index contributed by atoms with van der Waals surface area (Å²) >= 11 is 3.37. The molecule has 0 aliphatic heterocycles. The maximum Gasteiger partial charge on any atom is 0.256 e. The number of hydrogen-bond acceptors (Lipinski definition) is 2. The van der Waals surface area contributed by atoms with Gasteiger partial charge < -0.3 is 10.6 Å². The Morgan fingerprint density at radius 2 is 1.42 bits per heavy atom. The van der Waals surface area contributed by atoms with Gasteiger partial charge in [0.2, 0.25) is 5.91 Å². The highest BCUT2D eigenvalue weighted by atomic mass is 79.9. The van der Waals surface area contributed by atoms with E-state index in [9.17, 15) is 9.59 Å². The van der Waals surface area contributed by atoms with Gasteiger partial charge in [-0.25, -0.2) is 0 Å². The van der Waals surface area contributed by atoms with Crippen LogP contribution in [0.4, 0.5) is 11.4 Å². The van der Waals surface area contributed by atoms with E-state index in [4.69, 9.17) is 0 Å². The van der Waals surface area contributed by atoms with E-state index < -0.39 is 0 Å². The van der Waals surface area contributed by atoms with Crippen molar-refractivity contribution in [2.24, 2.45) is 0 Å². The Hall–Kier alpha value is -2.92. The van der Waals surface area contributed by atoms with E-state index in [1.54, 1.807) is 36.4 Å². The van der Waals surface area contributed by atoms with Crippen LogP contribution in [0.2, 0.25) is 0 Å². The third-order valence-corrected chi connectivity index (χ3v) is 4.42. The Morgan fingerprint density at radius 1 is 0.769 bits per heavy atom. The molecular formula is C21H17BrN2O2. The fraction of sp³-hybridized carbons (Fsp3) is 0.0476. The molecule has 0 aliphatic carbocycles. The van der Waals surface area contributed by atoms with Crippen molar-refractivity contribution in [1.82, 2.24) is 0 Å². The van der Waals surface area contributed by atoms with Crippen molar-refractivity contribution in [2.75, 3.05) is 10.6 Å². The molecule has 0 unspecified atom stereocenters. The van der Waals surface area contributed by atoms with Crippen LogP contribution in [0.3, 0.4) is 0 Å². The Balaban J connectivity index is 1.65. The predicted molar refractivity (Wildman–Crippen MR) is 107 cm³/mol. The predicted octanol–water partition coefficient (Wildman–Crippen LogP) is 4.88.